The standard InChI is InChI=1S/C7H5BrN4O/c8-6-2-1-5(3-9-6)12-4-10-11-7(12)13/h1-4H,(H,11,13). The van der Waals surface area contributed by atoms with E-state index in [0.717, 1.165) is 4.60 Å². The highest BCUT2D eigenvalue weighted by Gasteiger charge is 1.99. The molecule has 2 aromatic heterocycles. The third-order valence-corrected chi connectivity index (χ3v) is 2.01. The van der Waals surface area contributed by atoms with Crippen molar-refractivity contribution in [2.45, 2.75) is 0 Å². The first-order chi connectivity index (χ1) is 6.27. The van der Waals surface area contributed by atoms with Gasteiger partial charge in [0.1, 0.15) is 10.9 Å². The predicted octanol–water partition coefficient (Wildman–Crippen LogP) is 0.718. The Morgan fingerprint density at radius 3 is 2.85 bits per heavy atom. The van der Waals surface area contributed by atoms with Crippen LogP contribution < -0.4 is 5.69 Å². The van der Waals surface area contributed by atoms with E-state index in [9.17, 15) is 4.79 Å². The first-order valence-corrected chi connectivity index (χ1v) is 4.30. The quantitative estimate of drug-likeness (QED) is 0.748. The van der Waals surface area contributed by atoms with Gasteiger partial charge in [-0.25, -0.2) is 19.4 Å². The highest BCUT2D eigenvalue weighted by molar-refractivity contribution is 9.10. The smallest absolute Gasteiger partial charge is 0.248 e. The van der Waals surface area contributed by atoms with Gasteiger partial charge in [0.15, 0.2) is 0 Å². The van der Waals surface area contributed by atoms with E-state index in [-0.39, 0.29) is 5.69 Å². The Morgan fingerprint density at radius 1 is 1.46 bits per heavy atom. The first-order valence-electron chi connectivity index (χ1n) is 3.51. The third-order valence-electron chi connectivity index (χ3n) is 1.54. The van der Waals surface area contributed by atoms with Gasteiger partial charge in [-0.05, 0) is 28.1 Å². The highest BCUT2D eigenvalue weighted by atomic mass is 79.9. The fourth-order valence-corrected chi connectivity index (χ4v) is 1.18. The van der Waals surface area contributed by atoms with Crippen LogP contribution in [0.3, 0.4) is 0 Å². The van der Waals surface area contributed by atoms with Gasteiger partial charge < -0.3 is 0 Å². The molecule has 6 heteroatoms. The summed E-state index contributed by atoms with van der Waals surface area (Å²) in [4.78, 5) is 15.1. The maximum Gasteiger partial charge on any atom is 0.347 e. The zero-order valence-corrected chi connectivity index (χ0v) is 8.02. The van der Waals surface area contributed by atoms with Gasteiger partial charge in [0.2, 0.25) is 0 Å². The van der Waals surface area contributed by atoms with Crippen molar-refractivity contribution in [3.63, 3.8) is 0 Å². The largest absolute Gasteiger partial charge is 0.347 e. The minimum atomic E-state index is -0.274. The summed E-state index contributed by atoms with van der Waals surface area (Å²) < 4.78 is 2.10. The van der Waals surface area contributed by atoms with Crippen molar-refractivity contribution in [1.82, 2.24) is 19.7 Å². The average molecular weight is 241 g/mol. The second-order valence-corrected chi connectivity index (χ2v) is 3.18. The lowest BCUT2D eigenvalue weighted by Crippen LogP contribution is -2.14. The Bertz CT molecular complexity index is 458. The maximum atomic E-state index is 11.1. The number of aromatic amines is 1. The number of H-pyrrole nitrogens is 1. The van der Waals surface area contributed by atoms with Gasteiger partial charge in [-0.15, -0.1) is 0 Å². The van der Waals surface area contributed by atoms with Gasteiger partial charge in [-0.1, -0.05) is 0 Å². The lowest BCUT2D eigenvalue weighted by Gasteiger charge is -1.97. The molecule has 0 atom stereocenters. The molecule has 2 rings (SSSR count). The Kier molecular flexibility index (Phi) is 1.97. The molecule has 0 unspecified atom stereocenters. The molecule has 0 spiro atoms. The molecule has 2 heterocycles. The molecule has 0 aliphatic heterocycles. The van der Waals surface area contributed by atoms with Crippen LogP contribution in [0.1, 0.15) is 0 Å². The summed E-state index contributed by atoms with van der Waals surface area (Å²) in [5, 5.41) is 5.91. The van der Waals surface area contributed by atoms with Crippen molar-refractivity contribution in [2.75, 3.05) is 0 Å². The van der Waals surface area contributed by atoms with E-state index in [2.05, 4.69) is 31.1 Å². The van der Waals surface area contributed by atoms with Gasteiger partial charge in [-0.2, -0.15) is 5.10 Å². The molecular formula is C7H5BrN4O. The molecule has 0 saturated carbocycles. The molecule has 0 aliphatic rings. The molecule has 0 radical (unpaired) electrons. The van der Waals surface area contributed by atoms with Crippen LogP contribution in [-0.2, 0) is 0 Å². The van der Waals surface area contributed by atoms with Crippen molar-refractivity contribution in [2.24, 2.45) is 0 Å². The molecule has 66 valence electrons. The molecule has 0 saturated heterocycles. The monoisotopic (exact) mass is 240 g/mol. The van der Waals surface area contributed by atoms with Gasteiger partial charge in [0.25, 0.3) is 0 Å². The van der Waals surface area contributed by atoms with Crippen LogP contribution in [0.5, 0.6) is 0 Å². The van der Waals surface area contributed by atoms with E-state index < -0.39 is 0 Å². The Hall–Kier alpha value is -1.43. The number of aromatic nitrogens is 4. The Labute approximate surface area is 81.6 Å². The number of hydrogen-bond acceptors (Lipinski definition) is 3. The van der Waals surface area contributed by atoms with Crippen molar-refractivity contribution in [3.8, 4) is 5.69 Å². The zero-order chi connectivity index (χ0) is 9.26. The molecule has 0 aliphatic carbocycles. The lowest BCUT2D eigenvalue weighted by molar-refractivity contribution is 0.971. The number of nitrogens with one attached hydrogen (secondary N) is 1. The zero-order valence-electron chi connectivity index (χ0n) is 6.44. The molecule has 2 aromatic rings. The van der Waals surface area contributed by atoms with E-state index in [4.69, 9.17) is 0 Å². The van der Waals surface area contributed by atoms with Gasteiger partial charge in [0.05, 0.1) is 11.9 Å². The molecule has 1 N–H and O–H groups in total. The first kappa shape index (κ1) is 8.18. The van der Waals surface area contributed by atoms with Crippen LogP contribution in [-0.4, -0.2) is 19.7 Å². The summed E-state index contributed by atoms with van der Waals surface area (Å²) in [6, 6.07) is 3.53. The molecule has 0 bridgehead atoms. The number of hydrogen-bond donors (Lipinski definition) is 1. The van der Waals surface area contributed by atoms with Crippen molar-refractivity contribution >= 4 is 15.9 Å². The second kappa shape index (κ2) is 3.14. The second-order valence-electron chi connectivity index (χ2n) is 2.37. The minimum Gasteiger partial charge on any atom is -0.248 e. The van der Waals surface area contributed by atoms with Crippen LogP contribution in [0, 0.1) is 0 Å². The SMILES string of the molecule is O=c1[nH]ncn1-c1ccc(Br)nc1. The van der Waals surface area contributed by atoms with Crippen molar-refractivity contribution < 1.29 is 0 Å². The number of pyridine rings is 1. The minimum absolute atomic E-state index is 0.274. The van der Waals surface area contributed by atoms with Crippen LogP contribution in [0.2, 0.25) is 0 Å². The molecular weight excluding hydrogens is 236 g/mol. The summed E-state index contributed by atoms with van der Waals surface area (Å²) in [7, 11) is 0. The molecule has 13 heavy (non-hydrogen) atoms. The molecule has 0 amide bonds. The molecule has 0 fully saturated rings. The van der Waals surface area contributed by atoms with Crippen LogP contribution >= 0.6 is 15.9 Å². The highest BCUT2D eigenvalue weighted by Crippen LogP contribution is 2.07. The van der Waals surface area contributed by atoms with E-state index in [0.29, 0.717) is 5.69 Å². The maximum absolute atomic E-state index is 11.1. The van der Waals surface area contributed by atoms with Crippen LogP contribution in [0.15, 0.2) is 34.1 Å². The van der Waals surface area contributed by atoms with E-state index in [1.54, 1.807) is 18.3 Å². The number of nitrogens with zero attached hydrogens (tertiary/aromatic N) is 3. The summed E-state index contributed by atoms with van der Waals surface area (Å²) in [6.07, 6.45) is 2.99. The summed E-state index contributed by atoms with van der Waals surface area (Å²) in [5.74, 6) is 0. The van der Waals surface area contributed by atoms with Crippen molar-refractivity contribution in [3.05, 3.63) is 39.7 Å². The van der Waals surface area contributed by atoms with E-state index in [1.165, 1.54) is 10.9 Å². The van der Waals surface area contributed by atoms with E-state index >= 15 is 0 Å². The topological polar surface area (TPSA) is 63.6 Å². The predicted molar refractivity (Wildman–Crippen MR) is 49.7 cm³/mol. The van der Waals surface area contributed by atoms with E-state index in [1.807, 2.05) is 0 Å². The number of halogens is 1. The van der Waals surface area contributed by atoms with Crippen molar-refractivity contribution in [1.29, 1.82) is 0 Å². The van der Waals surface area contributed by atoms with Crippen LogP contribution in [0.4, 0.5) is 0 Å². The Balaban J connectivity index is 2.54. The third kappa shape index (κ3) is 1.52. The average Bonchev–Trinajstić information content (AvgIpc) is 2.53. The normalized spacial score (nSPS) is 10.2. The summed E-state index contributed by atoms with van der Waals surface area (Å²) in [5.41, 5.74) is 0.408. The van der Waals surface area contributed by atoms with Gasteiger partial charge in [-0.3, -0.25) is 0 Å². The Morgan fingerprint density at radius 2 is 2.31 bits per heavy atom. The fraction of sp³-hybridized carbons (Fsp3) is 0. The molecule has 5 nitrogen and oxygen atoms in total. The summed E-state index contributed by atoms with van der Waals surface area (Å²) >= 11 is 3.21. The fourth-order valence-electron chi connectivity index (χ4n) is 0.943. The van der Waals surface area contributed by atoms with Gasteiger partial charge >= 0.3 is 5.69 Å². The number of rotatable bonds is 1. The summed E-state index contributed by atoms with van der Waals surface area (Å²) in [6.45, 7) is 0. The lowest BCUT2D eigenvalue weighted by atomic mass is 10.4. The van der Waals surface area contributed by atoms with Gasteiger partial charge in [0, 0.05) is 0 Å². The molecule has 0 aromatic carbocycles. The van der Waals surface area contributed by atoms with Crippen LogP contribution in [0.25, 0.3) is 5.69 Å².